The molecule has 0 saturated heterocycles. The van der Waals surface area contributed by atoms with Crippen molar-refractivity contribution in [2.45, 2.75) is 33.6 Å². The van der Waals surface area contributed by atoms with Gasteiger partial charge in [0.2, 0.25) is 0 Å². The van der Waals surface area contributed by atoms with Crippen LogP contribution in [-0.2, 0) is 23.9 Å². The van der Waals surface area contributed by atoms with Gasteiger partial charge in [0.25, 0.3) is 0 Å². The van der Waals surface area contributed by atoms with Gasteiger partial charge in [-0.05, 0) is 5.41 Å². The molecular formula is C11H19NO5. The predicted molar refractivity (Wildman–Crippen MR) is 59.8 cm³/mol. The van der Waals surface area contributed by atoms with Crippen LogP contribution in [0.1, 0.15) is 33.6 Å². The second-order valence-electron chi connectivity index (χ2n) is 4.77. The number of esters is 3. The molecule has 0 aromatic rings. The van der Waals surface area contributed by atoms with E-state index >= 15 is 0 Å². The zero-order valence-corrected chi connectivity index (χ0v) is 10.4. The van der Waals surface area contributed by atoms with Crippen molar-refractivity contribution in [2.24, 2.45) is 11.1 Å². The summed E-state index contributed by atoms with van der Waals surface area (Å²) in [7, 11) is 0. The van der Waals surface area contributed by atoms with Gasteiger partial charge in [-0.2, -0.15) is 0 Å². The van der Waals surface area contributed by atoms with Crippen molar-refractivity contribution in [3.63, 3.8) is 0 Å². The third-order valence-electron chi connectivity index (χ3n) is 1.59. The lowest BCUT2D eigenvalue weighted by atomic mass is 9.99. The standard InChI is InChI=1S/C11H19NO5/c1-11(2,3)7-16-8(13)4-5-9(14)17-10(15)6-12/h4-7,12H2,1-3H3. The summed E-state index contributed by atoms with van der Waals surface area (Å²) in [6.07, 6.45) is -0.290. The Labute approximate surface area is 100 Å². The molecule has 0 heterocycles. The highest BCUT2D eigenvalue weighted by atomic mass is 16.6. The van der Waals surface area contributed by atoms with E-state index in [9.17, 15) is 14.4 Å². The number of ether oxygens (including phenoxy) is 2. The molecule has 0 bridgehead atoms. The van der Waals surface area contributed by atoms with Crippen molar-refractivity contribution >= 4 is 17.9 Å². The van der Waals surface area contributed by atoms with Gasteiger partial charge in [-0.3, -0.25) is 14.4 Å². The van der Waals surface area contributed by atoms with Crippen molar-refractivity contribution in [2.75, 3.05) is 13.2 Å². The minimum Gasteiger partial charge on any atom is -0.465 e. The van der Waals surface area contributed by atoms with E-state index in [-0.39, 0.29) is 31.4 Å². The third kappa shape index (κ3) is 9.50. The highest BCUT2D eigenvalue weighted by molar-refractivity contribution is 5.87. The minimum absolute atomic E-state index is 0.104. The van der Waals surface area contributed by atoms with E-state index in [0.29, 0.717) is 0 Å². The Morgan fingerprint density at radius 1 is 1.00 bits per heavy atom. The van der Waals surface area contributed by atoms with Crippen LogP contribution in [0.15, 0.2) is 0 Å². The summed E-state index contributed by atoms with van der Waals surface area (Å²) in [6.45, 7) is 5.69. The Hall–Kier alpha value is -1.43. The highest BCUT2D eigenvalue weighted by Crippen LogP contribution is 2.13. The van der Waals surface area contributed by atoms with Gasteiger partial charge >= 0.3 is 17.9 Å². The first-order chi connectivity index (χ1) is 7.74. The molecule has 0 rings (SSSR count). The Morgan fingerprint density at radius 3 is 2.00 bits per heavy atom. The quantitative estimate of drug-likeness (QED) is 0.556. The molecule has 0 atom stereocenters. The Bertz CT molecular complexity index is 293. The van der Waals surface area contributed by atoms with E-state index in [0.717, 1.165) is 0 Å². The number of carbonyl (C=O) groups is 3. The molecule has 0 aliphatic rings. The summed E-state index contributed by atoms with van der Waals surface area (Å²) >= 11 is 0. The van der Waals surface area contributed by atoms with Gasteiger partial charge in [-0.25, -0.2) is 0 Å². The molecule has 6 nitrogen and oxygen atoms in total. The Morgan fingerprint density at radius 2 is 1.53 bits per heavy atom. The van der Waals surface area contributed by atoms with E-state index in [1.807, 2.05) is 20.8 Å². The number of hydrogen-bond donors (Lipinski definition) is 1. The number of carbonyl (C=O) groups excluding carboxylic acids is 3. The minimum atomic E-state index is -0.807. The van der Waals surface area contributed by atoms with Crippen molar-refractivity contribution in [3.05, 3.63) is 0 Å². The van der Waals surface area contributed by atoms with E-state index in [4.69, 9.17) is 10.5 Å². The SMILES string of the molecule is CC(C)(C)COC(=O)CCC(=O)OC(=O)CN. The summed E-state index contributed by atoms with van der Waals surface area (Å²) in [4.78, 5) is 32.9. The van der Waals surface area contributed by atoms with Crippen molar-refractivity contribution in [1.82, 2.24) is 0 Å². The van der Waals surface area contributed by atoms with Crippen LogP contribution in [0.4, 0.5) is 0 Å². The van der Waals surface area contributed by atoms with Gasteiger partial charge in [0, 0.05) is 0 Å². The van der Waals surface area contributed by atoms with Crippen LogP contribution >= 0.6 is 0 Å². The van der Waals surface area contributed by atoms with Crippen molar-refractivity contribution < 1.29 is 23.9 Å². The summed E-state index contributed by atoms with van der Waals surface area (Å²) in [5.74, 6) is -2.07. The monoisotopic (exact) mass is 245 g/mol. The maximum absolute atomic E-state index is 11.2. The first kappa shape index (κ1) is 15.6. The first-order valence-electron chi connectivity index (χ1n) is 5.34. The largest absolute Gasteiger partial charge is 0.465 e. The zero-order valence-electron chi connectivity index (χ0n) is 10.4. The molecule has 0 saturated carbocycles. The first-order valence-corrected chi connectivity index (χ1v) is 5.34. The molecular weight excluding hydrogens is 226 g/mol. The van der Waals surface area contributed by atoms with Gasteiger partial charge in [-0.1, -0.05) is 20.8 Å². The zero-order chi connectivity index (χ0) is 13.5. The fraction of sp³-hybridized carbons (Fsp3) is 0.727. The molecule has 0 fully saturated rings. The lowest BCUT2D eigenvalue weighted by Gasteiger charge is -2.17. The number of nitrogens with two attached hydrogens (primary N) is 1. The van der Waals surface area contributed by atoms with Gasteiger partial charge in [0.15, 0.2) is 0 Å². The van der Waals surface area contributed by atoms with Crippen LogP contribution in [0.3, 0.4) is 0 Å². The topological polar surface area (TPSA) is 95.7 Å². The molecule has 0 aliphatic carbocycles. The van der Waals surface area contributed by atoms with Crippen molar-refractivity contribution in [1.29, 1.82) is 0 Å². The average Bonchev–Trinajstić information content (AvgIpc) is 2.22. The van der Waals surface area contributed by atoms with Crippen LogP contribution in [0, 0.1) is 5.41 Å². The fourth-order valence-corrected chi connectivity index (χ4v) is 0.793. The Kier molecular flexibility index (Phi) is 6.42. The molecule has 0 amide bonds. The molecule has 17 heavy (non-hydrogen) atoms. The van der Waals surface area contributed by atoms with E-state index < -0.39 is 17.9 Å². The molecule has 0 aliphatic heterocycles. The van der Waals surface area contributed by atoms with Crippen LogP contribution in [0.5, 0.6) is 0 Å². The van der Waals surface area contributed by atoms with Gasteiger partial charge in [-0.15, -0.1) is 0 Å². The molecule has 0 unspecified atom stereocenters. The van der Waals surface area contributed by atoms with E-state index in [1.54, 1.807) is 0 Å². The van der Waals surface area contributed by atoms with E-state index in [1.165, 1.54) is 0 Å². The number of hydrogen-bond acceptors (Lipinski definition) is 6. The van der Waals surface area contributed by atoms with Gasteiger partial charge in [0.05, 0.1) is 26.0 Å². The van der Waals surface area contributed by atoms with Crippen LogP contribution < -0.4 is 5.73 Å². The summed E-state index contributed by atoms with van der Waals surface area (Å²) < 4.78 is 9.22. The molecule has 0 aromatic carbocycles. The molecule has 0 aromatic heterocycles. The summed E-state index contributed by atoms with van der Waals surface area (Å²) in [6, 6.07) is 0. The smallest absolute Gasteiger partial charge is 0.327 e. The average molecular weight is 245 g/mol. The molecule has 0 radical (unpaired) electrons. The lowest BCUT2D eigenvalue weighted by Crippen LogP contribution is -2.22. The maximum Gasteiger partial charge on any atom is 0.327 e. The van der Waals surface area contributed by atoms with Gasteiger partial charge < -0.3 is 15.2 Å². The lowest BCUT2D eigenvalue weighted by molar-refractivity contribution is -0.160. The fourth-order valence-electron chi connectivity index (χ4n) is 0.793. The molecule has 6 heteroatoms. The second kappa shape index (κ2) is 7.01. The van der Waals surface area contributed by atoms with E-state index in [2.05, 4.69) is 4.74 Å². The predicted octanol–water partition coefficient (Wildman–Crippen LogP) is 0.384. The van der Waals surface area contributed by atoms with Crippen LogP contribution in [0.2, 0.25) is 0 Å². The molecule has 98 valence electrons. The second-order valence-corrected chi connectivity index (χ2v) is 4.77. The van der Waals surface area contributed by atoms with Gasteiger partial charge in [0.1, 0.15) is 0 Å². The normalized spacial score (nSPS) is 10.8. The Balaban J connectivity index is 3.77. The van der Waals surface area contributed by atoms with Crippen molar-refractivity contribution in [3.8, 4) is 0 Å². The maximum atomic E-state index is 11.2. The summed E-state index contributed by atoms with van der Waals surface area (Å²) in [5.41, 5.74) is 4.83. The summed E-state index contributed by atoms with van der Waals surface area (Å²) in [5, 5.41) is 0. The third-order valence-corrected chi connectivity index (χ3v) is 1.59. The van der Waals surface area contributed by atoms with Crippen LogP contribution in [0.25, 0.3) is 0 Å². The molecule has 2 N–H and O–H groups in total. The molecule has 0 spiro atoms. The number of rotatable bonds is 5. The van der Waals surface area contributed by atoms with Crippen LogP contribution in [-0.4, -0.2) is 31.1 Å². The highest BCUT2D eigenvalue weighted by Gasteiger charge is 2.16.